The van der Waals surface area contributed by atoms with E-state index in [0.29, 0.717) is 11.9 Å². The van der Waals surface area contributed by atoms with Gasteiger partial charge in [-0.3, -0.25) is 0 Å². The van der Waals surface area contributed by atoms with Gasteiger partial charge in [0.05, 0.1) is 0 Å². The second-order valence-electron chi connectivity index (χ2n) is 4.88. The molecule has 0 amide bonds. The van der Waals surface area contributed by atoms with Gasteiger partial charge in [-0.1, -0.05) is 6.92 Å². The average molecular weight is 281 g/mol. The Labute approximate surface area is 117 Å². The van der Waals surface area contributed by atoms with Gasteiger partial charge >= 0.3 is 0 Å². The van der Waals surface area contributed by atoms with Crippen LogP contribution >= 0.6 is 11.6 Å². The maximum Gasteiger partial charge on any atom is 0.256 e. The molecule has 0 spiro atoms. The number of nitrogens with zero attached hydrogens (tertiary/aromatic N) is 6. The molecule has 0 N–H and O–H groups in total. The molecule has 0 saturated carbocycles. The highest BCUT2D eigenvalue weighted by atomic mass is 35.5. The van der Waals surface area contributed by atoms with Crippen LogP contribution in [0.4, 0.5) is 5.95 Å². The van der Waals surface area contributed by atoms with Crippen molar-refractivity contribution < 1.29 is 0 Å². The lowest BCUT2D eigenvalue weighted by Crippen LogP contribution is -2.41. The summed E-state index contributed by atoms with van der Waals surface area (Å²) in [5, 5.41) is 4.26. The van der Waals surface area contributed by atoms with Crippen molar-refractivity contribution in [3.63, 3.8) is 0 Å². The summed E-state index contributed by atoms with van der Waals surface area (Å²) < 4.78 is 1.56. The van der Waals surface area contributed by atoms with E-state index in [0.717, 1.165) is 6.42 Å². The van der Waals surface area contributed by atoms with Gasteiger partial charge in [-0.05, 0) is 37.9 Å². The van der Waals surface area contributed by atoms with Gasteiger partial charge in [0.15, 0.2) is 0 Å². The number of hydrogen-bond donors (Lipinski definition) is 0. The molecular formula is C12H17ClN6. The second-order valence-corrected chi connectivity index (χ2v) is 5.22. The molecule has 7 heteroatoms. The normalized spacial score (nSPS) is 11.6. The van der Waals surface area contributed by atoms with Gasteiger partial charge in [0.1, 0.15) is 0 Å². The van der Waals surface area contributed by atoms with Crippen LogP contribution in [0, 0.1) is 0 Å². The molecule has 0 atom stereocenters. The molecule has 0 fully saturated rings. The van der Waals surface area contributed by atoms with Gasteiger partial charge in [0.2, 0.25) is 11.2 Å². The van der Waals surface area contributed by atoms with Crippen molar-refractivity contribution >= 4 is 17.5 Å². The van der Waals surface area contributed by atoms with E-state index < -0.39 is 0 Å². The lowest BCUT2D eigenvalue weighted by Gasteiger charge is -2.34. The molecule has 6 nitrogen and oxygen atoms in total. The Morgan fingerprint density at radius 3 is 2.63 bits per heavy atom. The van der Waals surface area contributed by atoms with Crippen LogP contribution in [0.5, 0.6) is 0 Å². The van der Waals surface area contributed by atoms with E-state index >= 15 is 0 Å². The first-order valence-corrected chi connectivity index (χ1v) is 6.47. The van der Waals surface area contributed by atoms with Crippen LogP contribution < -0.4 is 4.90 Å². The molecular weight excluding hydrogens is 264 g/mol. The third-order valence-corrected chi connectivity index (χ3v) is 3.54. The standard InChI is InChI=1S/C12H17ClN6/c1-5-12(2,3)18(4)10-15-9(13)16-11(17-10)19-8-6-7-14-19/h6-8H,5H2,1-4H3. The Kier molecular flexibility index (Phi) is 3.71. The summed E-state index contributed by atoms with van der Waals surface area (Å²) in [4.78, 5) is 14.7. The number of hydrogen-bond acceptors (Lipinski definition) is 5. The van der Waals surface area contributed by atoms with E-state index in [4.69, 9.17) is 11.6 Å². The van der Waals surface area contributed by atoms with Crippen molar-refractivity contribution in [2.24, 2.45) is 0 Å². The first kappa shape index (κ1) is 13.7. The van der Waals surface area contributed by atoms with Crippen LogP contribution in [0.1, 0.15) is 27.2 Å². The average Bonchev–Trinajstić information content (AvgIpc) is 2.91. The maximum absolute atomic E-state index is 5.97. The minimum Gasteiger partial charge on any atom is -0.339 e. The second kappa shape index (κ2) is 5.13. The lowest BCUT2D eigenvalue weighted by molar-refractivity contribution is 0.462. The van der Waals surface area contributed by atoms with E-state index in [1.165, 1.54) is 0 Å². The molecule has 19 heavy (non-hydrogen) atoms. The summed E-state index contributed by atoms with van der Waals surface area (Å²) >= 11 is 5.97. The number of anilines is 1. The Morgan fingerprint density at radius 2 is 2.05 bits per heavy atom. The van der Waals surface area contributed by atoms with Gasteiger partial charge in [-0.25, -0.2) is 4.68 Å². The number of halogens is 1. The van der Waals surface area contributed by atoms with Gasteiger partial charge in [0, 0.05) is 25.0 Å². The molecule has 0 aliphatic rings. The van der Waals surface area contributed by atoms with E-state index in [1.807, 2.05) is 11.9 Å². The van der Waals surface area contributed by atoms with Gasteiger partial charge in [0.25, 0.3) is 5.95 Å². The molecule has 0 saturated heterocycles. The number of aromatic nitrogens is 5. The molecule has 0 aliphatic carbocycles. The van der Waals surface area contributed by atoms with E-state index in [9.17, 15) is 0 Å². The number of rotatable bonds is 4. The Balaban J connectivity index is 2.43. The van der Waals surface area contributed by atoms with E-state index in [1.54, 1.807) is 23.1 Å². The van der Waals surface area contributed by atoms with Crippen LogP contribution in [0.2, 0.25) is 5.28 Å². The molecule has 2 aromatic heterocycles. The Morgan fingerprint density at radius 1 is 1.32 bits per heavy atom. The predicted octanol–water partition coefficient (Wildman–Crippen LogP) is 2.34. The summed E-state index contributed by atoms with van der Waals surface area (Å²) in [6.45, 7) is 6.37. The molecule has 0 radical (unpaired) electrons. The summed E-state index contributed by atoms with van der Waals surface area (Å²) in [6.07, 6.45) is 4.39. The third-order valence-electron chi connectivity index (χ3n) is 3.37. The predicted molar refractivity (Wildman–Crippen MR) is 74.7 cm³/mol. The molecule has 2 heterocycles. The first-order valence-electron chi connectivity index (χ1n) is 6.09. The zero-order chi connectivity index (χ0) is 14.0. The van der Waals surface area contributed by atoms with Crippen molar-refractivity contribution in [1.82, 2.24) is 24.7 Å². The molecule has 0 unspecified atom stereocenters. The minimum absolute atomic E-state index is 0.0634. The van der Waals surface area contributed by atoms with Crippen molar-refractivity contribution in [3.05, 3.63) is 23.7 Å². The highest BCUT2D eigenvalue weighted by Gasteiger charge is 2.24. The summed E-state index contributed by atoms with van der Waals surface area (Å²) in [7, 11) is 1.95. The highest BCUT2D eigenvalue weighted by Crippen LogP contribution is 2.22. The third kappa shape index (κ3) is 2.84. The van der Waals surface area contributed by atoms with Crippen LogP contribution in [0.3, 0.4) is 0 Å². The van der Waals surface area contributed by atoms with Crippen LogP contribution in [-0.2, 0) is 0 Å². The largest absolute Gasteiger partial charge is 0.339 e. The fourth-order valence-corrected chi connectivity index (χ4v) is 1.63. The maximum atomic E-state index is 5.97. The van der Waals surface area contributed by atoms with E-state index in [2.05, 4.69) is 40.8 Å². The smallest absolute Gasteiger partial charge is 0.256 e. The van der Waals surface area contributed by atoms with Crippen molar-refractivity contribution in [2.75, 3.05) is 11.9 Å². The fourth-order valence-electron chi connectivity index (χ4n) is 1.48. The Bertz CT molecular complexity index is 551. The van der Waals surface area contributed by atoms with Crippen molar-refractivity contribution in [2.45, 2.75) is 32.7 Å². The zero-order valence-corrected chi connectivity index (χ0v) is 12.3. The molecule has 0 bridgehead atoms. The SMILES string of the molecule is CCC(C)(C)N(C)c1nc(Cl)nc(-n2cccn2)n1. The van der Waals surface area contributed by atoms with Crippen LogP contribution in [0.15, 0.2) is 18.5 Å². The van der Waals surface area contributed by atoms with Crippen molar-refractivity contribution in [3.8, 4) is 5.95 Å². The van der Waals surface area contributed by atoms with E-state index in [-0.39, 0.29) is 10.8 Å². The molecule has 0 aromatic carbocycles. The summed E-state index contributed by atoms with van der Waals surface area (Å²) in [6, 6.07) is 1.80. The Hall–Kier alpha value is -1.69. The molecule has 102 valence electrons. The van der Waals surface area contributed by atoms with Gasteiger partial charge < -0.3 is 4.90 Å². The summed E-state index contributed by atoms with van der Waals surface area (Å²) in [5.74, 6) is 0.955. The first-order chi connectivity index (χ1) is 8.94. The summed E-state index contributed by atoms with van der Waals surface area (Å²) in [5.41, 5.74) is -0.0634. The van der Waals surface area contributed by atoms with Gasteiger partial charge in [-0.2, -0.15) is 20.1 Å². The topological polar surface area (TPSA) is 59.7 Å². The monoisotopic (exact) mass is 280 g/mol. The van der Waals surface area contributed by atoms with Crippen molar-refractivity contribution in [1.29, 1.82) is 0 Å². The van der Waals surface area contributed by atoms with Gasteiger partial charge in [-0.15, -0.1) is 0 Å². The van der Waals surface area contributed by atoms with Crippen LogP contribution in [0.25, 0.3) is 5.95 Å². The lowest BCUT2D eigenvalue weighted by atomic mass is 10.0. The molecule has 0 aliphatic heterocycles. The minimum atomic E-state index is -0.0634. The molecule has 2 aromatic rings. The highest BCUT2D eigenvalue weighted by molar-refractivity contribution is 6.28. The quantitative estimate of drug-likeness (QED) is 0.860. The van der Waals surface area contributed by atoms with Crippen LogP contribution in [-0.4, -0.2) is 37.3 Å². The fraction of sp³-hybridized carbons (Fsp3) is 0.500. The zero-order valence-electron chi connectivity index (χ0n) is 11.5. The molecule has 2 rings (SSSR count).